The van der Waals surface area contributed by atoms with Crippen LogP contribution >= 0.6 is 15.9 Å². The van der Waals surface area contributed by atoms with Crippen molar-refractivity contribution in [1.29, 1.82) is 0 Å². The van der Waals surface area contributed by atoms with Gasteiger partial charge in [0.05, 0.1) is 12.0 Å². The normalized spacial score (nSPS) is 15.2. The number of anilines is 1. The first-order valence-electron chi connectivity index (χ1n) is 9.90. The smallest absolute Gasteiger partial charge is 0.238 e. The van der Waals surface area contributed by atoms with Gasteiger partial charge in [0, 0.05) is 36.3 Å². The van der Waals surface area contributed by atoms with E-state index in [0.717, 1.165) is 21.3 Å². The Morgan fingerprint density at radius 1 is 1.03 bits per heavy atom. The number of nitrogens with zero attached hydrogens (tertiary/aromatic N) is 2. The highest BCUT2D eigenvalue weighted by molar-refractivity contribution is 9.10. The zero-order valence-electron chi connectivity index (χ0n) is 17.2. The van der Waals surface area contributed by atoms with E-state index in [9.17, 15) is 9.59 Å². The predicted molar refractivity (Wildman–Crippen MR) is 120 cm³/mol. The molecular weight excluding hydrogens is 430 g/mol. The number of rotatable bonds is 5. The number of piperazine rings is 1. The Balaban J connectivity index is 1.52. The minimum absolute atomic E-state index is 0.0279. The minimum Gasteiger partial charge on any atom is -0.339 e. The molecule has 0 aromatic heterocycles. The first-order chi connectivity index (χ1) is 13.8. The van der Waals surface area contributed by atoms with Gasteiger partial charge < -0.3 is 10.2 Å². The molecule has 1 saturated heterocycles. The number of halogens is 1. The molecule has 1 heterocycles. The van der Waals surface area contributed by atoms with E-state index in [0.29, 0.717) is 32.7 Å². The third-order valence-corrected chi connectivity index (χ3v) is 6.01. The molecule has 2 aromatic carbocycles. The van der Waals surface area contributed by atoms with Gasteiger partial charge in [-0.3, -0.25) is 14.5 Å². The maximum atomic E-state index is 13.1. The molecule has 6 heteroatoms. The summed E-state index contributed by atoms with van der Waals surface area (Å²) in [5.74, 6) is 0.109. The molecule has 2 amide bonds. The van der Waals surface area contributed by atoms with Crippen molar-refractivity contribution in [3.63, 3.8) is 0 Å². The molecule has 29 heavy (non-hydrogen) atoms. The summed E-state index contributed by atoms with van der Waals surface area (Å²) in [6.45, 7) is 8.93. The van der Waals surface area contributed by atoms with E-state index in [1.165, 1.54) is 0 Å². The van der Waals surface area contributed by atoms with Gasteiger partial charge in [-0.2, -0.15) is 0 Å². The van der Waals surface area contributed by atoms with Crippen LogP contribution < -0.4 is 5.32 Å². The second-order valence-corrected chi connectivity index (χ2v) is 8.98. The molecule has 0 unspecified atom stereocenters. The molecule has 1 aliphatic heterocycles. The Bertz CT molecular complexity index is 875. The Hall–Kier alpha value is -2.18. The van der Waals surface area contributed by atoms with Crippen molar-refractivity contribution in [2.24, 2.45) is 0 Å². The molecule has 0 bridgehead atoms. The first kappa shape index (κ1) is 21.5. The van der Waals surface area contributed by atoms with Gasteiger partial charge in [0.1, 0.15) is 0 Å². The summed E-state index contributed by atoms with van der Waals surface area (Å²) < 4.78 is 0.993. The Morgan fingerprint density at radius 3 is 2.31 bits per heavy atom. The molecule has 3 rings (SSSR count). The molecule has 5 nitrogen and oxygen atoms in total. The van der Waals surface area contributed by atoms with Crippen molar-refractivity contribution in [3.05, 3.63) is 64.1 Å². The zero-order chi connectivity index (χ0) is 21.0. The lowest BCUT2D eigenvalue weighted by Crippen LogP contribution is -2.54. The number of carbonyl (C=O) groups excluding carboxylic acids is 2. The summed E-state index contributed by atoms with van der Waals surface area (Å²) in [6, 6.07) is 15.7. The van der Waals surface area contributed by atoms with E-state index in [4.69, 9.17) is 0 Å². The molecule has 1 N–H and O–H groups in total. The summed E-state index contributed by atoms with van der Waals surface area (Å²) in [4.78, 5) is 29.5. The summed E-state index contributed by atoms with van der Waals surface area (Å²) in [6.07, 6.45) is 0. The van der Waals surface area contributed by atoms with E-state index in [1.54, 1.807) is 0 Å². The average Bonchev–Trinajstić information content (AvgIpc) is 2.71. The Labute approximate surface area is 181 Å². The van der Waals surface area contributed by atoms with Crippen molar-refractivity contribution in [1.82, 2.24) is 9.80 Å². The molecule has 0 atom stereocenters. The third-order valence-electron chi connectivity index (χ3n) is 5.52. The highest BCUT2D eigenvalue weighted by atomic mass is 79.9. The maximum absolute atomic E-state index is 13.1. The van der Waals surface area contributed by atoms with Crippen LogP contribution in [0.15, 0.2) is 53.0 Å². The Kier molecular flexibility index (Phi) is 6.75. The SMILES string of the molecule is Cc1cc(Br)ccc1NC(=O)CN1CCN(C(=O)C(C)(C)c2ccccc2)CC1. The van der Waals surface area contributed by atoms with Gasteiger partial charge in [-0.05, 0) is 50.1 Å². The second kappa shape index (κ2) is 9.09. The summed E-state index contributed by atoms with van der Waals surface area (Å²) in [5.41, 5.74) is 2.32. The number of carbonyl (C=O) groups is 2. The fourth-order valence-electron chi connectivity index (χ4n) is 3.64. The fraction of sp³-hybridized carbons (Fsp3) is 0.391. The highest BCUT2D eigenvalue weighted by Crippen LogP contribution is 2.26. The van der Waals surface area contributed by atoms with Crippen LogP contribution in [0.25, 0.3) is 0 Å². The zero-order valence-corrected chi connectivity index (χ0v) is 18.8. The van der Waals surface area contributed by atoms with Crippen LogP contribution in [0.2, 0.25) is 0 Å². The molecule has 0 saturated carbocycles. The van der Waals surface area contributed by atoms with Crippen LogP contribution in [0, 0.1) is 6.92 Å². The summed E-state index contributed by atoms with van der Waals surface area (Å²) in [5, 5.41) is 2.98. The molecule has 0 radical (unpaired) electrons. The van der Waals surface area contributed by atoms with Crippen LogP contribution in [0.1, 0.15) is 25.0 Å². The van der Waals surface area contributed by atoms with Crippen LogP contribution in [-0.4, -0.2) is 54.3 Å². The molecule has 0 spiro atoms. The highest BCUT2D eigenvalue weighted by Gasteiger charge is 2.35. The van der Waals surface area contributed by atoms with Crippen molar-refractivity contribution in [2.45, 2.75) is 26.2 Å². The van der Waals surface area contributed by atoms with Crippen LogP contribution in [0.3, 0.4) is 0 Å². The van der Waals surface area contributed by atoms with E-state index < -0.39 is 5.41 Å². The van der Waals surface area contributed by atoms with Gasteiger partial charge in [0.15, 0.2) is 0 Å². The summed E-state index contributed by atoms with van der Waals surface area (Å²) >= 11 is 3.43. The number of hydrogen-bond donors (Lipinski definition) is 1. The van der Waals surface area contributed by atoms with Crippen molar-refractivity contribution in [2.75, 3.05) is 38.0 Å². The lowest BCUT2D eigenvalue weighted by Gasteiger charge is -2.38. The van der Waals surface area contributed by atoms with E-state index in [-0.39, 0.29) is 11.8 Å². The van der Waals surface area contributed by atoms with Gasteiger partial charge in [-0.25, -0.2) is 0 Å². The molecular formula is C23H28BrN3O2. The monoisotopic (exact) mass is 457 g/mol. The van der Waals surface area contributed by atoms with Crippen LogP contribution in [0.4, 0.5) is 5.69 Å². The van der Waals surface area contributed by atoms with Gasteiger partial charge in [-0.15, -0.1) is 0 Å². The third kappa shape index (κ3) is 5.25. The maximum Gasteiger partial charge on any atom is 0.238 e. The summed E-state index contributed by atoms with van der Waals surface area (Å²) in [7, 11) is 0. The lowest BCUT2D eigenvalue weighted by molar-refractivity contribution is -0.138. The van der Waals surface area contributed by atoms with Gasteiger partial charge in [0.25, 0.3) is 0 Å². The minimum atomic E-state index is -0.556. The fourth-order valence-corrected chi connectivity index (χ4v) is 4.12. The number of nitrogens with one attached hydrogen (secondary N) is 1. The number of hydrogen-bond acceptors (Lipinski definition) is 3. The molecule has 0 aliphatic carbocycles. The largest absolute Gasteiger partial charge is 0.339 e. The van der Waals surface area contributed by atoms with Crippen molar-refractivity contribution >= 4 is 33.4 Å². The molecule has 1 fully saturated rings. The molecule has 154 valence electrons. The van der Waals surface area contributed by atoms with Crippen molar-refractivity contribution < 1.29 is 9.59 Å². The predicted octanol–water partition coefficient (Wildman–Crippen LogP) is 3.82. The Morgan fingerprint density at radius 2 is 1.69 bits per heavy atom. The molecule has 1 aliphatic rings. The van der Waals surface area contributed by atoms with E-state index >= 15 is 0 Å². The standard InChI is InChI=1S/C23H28BrN3O2/c1-17-15-19(24)9-10-20(17)25-21(28)16-26-11-13-27(14-12-26)22(29)23(2,3)18-7-5-4-6-8-18/h4-10,15H,11-14,16H2,1-3H3,(H,25,28). The van der Waals surface area contributed by atoms with Crippen LogP contribution in [-0.2, 0) is 15.0 Å². The van der Waals surface area contributed by atoms with E-state index in [2.05, 4.69) is 26.1 Å². The van der Waals surface area contributed by atoms with Gasteiger partial charge in [0.2, 0.25) is 11.8 Å². The van der Waals surface area contributed by atoms with E-state index in [1.807, 2.05) is 74.2 Å². The van der Waals surface area contributed by atoms with Gasteiger partial charge in [-0.1, -0.05) is 46.3 Å². The average molecular weight is 458 g/mol. The van der Waals surface area contributed by atoms with Crippen molar-refractivity contribution in [3.8, 4) is 0 Å². The first-order valence-corrected chi connectivity index (χ1v) is 10.7. The van der Waals surface area contributed by atoms with Gasteiger partial charge >= 0.3 is 0 Å². The number of aryl methyl sites for hydroxylation is 1. The lowest BCUT2D eigenvalue weighted by atomic mass is 9.83. The number of amides is 2. The quantitative estimate of drug-likeness (QED) is 0.742. The second-order valence-electron chi connectivity index (χ2n) is 8.07. The van der Waals surface area contributed by atoms with Crippen LogP contribution in [0.5, 0.6) is 0 Å². The topological polar surface area (TPSA) is 52.7 Å². The molecule has 2 aromatic rings. The number of benzene rings is 2.